The molecule has 0 unspecified atom stereocenters. The van der Waals surface area contributed by atoms with Crippen molar-refractivity contribution in [3.05, 3.63) is 63.0 Å². The summed E-state index contributed by atoms with van der Waals surface area (Å²) >= 11 is 6.10. The van der Waals surface area contributed by atoms with E-state index in [1.165, 1.54) is 35.2 Å². The van der Waals surface area contributed by atoms with Gasteiger partial charge in [0.1, 0.15) is 11.9 Å². The van der Waals surface area contributed by atoms with E-state index in [0.29, 0.717) is 44.3 Å². The first-order valence-corrected chi connectivity index (χ1v) is 11.0. The van der Waals surface area contributed by atoms with Gasteiger partial charge in [-0.15, -0.1) is 17.8 Å². The largest absolute Gasteiger partial charge is 0.340 e. The Morgan fingerprint density at radius 2 is 2.33 bits per heavy atom. The maximum Gasteiger partial charge on any atom is 0.219 e. The summed E-state index contributed by atoms with van der Waals surface area (Å²) < 4.78 is 13.7. The van der Waals surface area contributed by atoms with Crippen LogP contribution in [0.1, 0.15) is 29.1 Å². The van der Waals surface area contributed by atoms with Crippen LogP contribution < -0.4 is 5.32 Å². The number of hydrogen-bond donors (Lipinski definition) is 1. The fraction of sp³-hybridized carbons (Fsp3) is 0.211. The van der Waals surface area contributed by atoms with Gasteiger partial charge in [0.25, 0.3) is 0 Å². The Hall–Kier alpha value is -1.95. The highest BCUT2D eigenvalue weighted by atomic mass is 79.9. The number of rotatable bonds is 5. The summed E-state index contributed by atoms with van der Waals surface area (Å²) in [6.07, 6.45) is 7.29. The standard InChI is InChI=1S/C19H15BrFN3OS2/c1-3-11-9-12(21)5-6-13(11)16-15(19(25)26-4-2)14(10-20)23-17(24-16)18-22-7-8-27-18/h1,5-9,16H,4,10H2,2H3,(H,23,24)/t16-/m0/s1. The lowest BCUT2D eigenvalue weighted by atomic mass is 9.93. The highest BCUT2D eigenvalue weighted by Gasteiger charge is 2.32. The molecule has 138 valence electrons. The number of benzene rings is 1. The third-order valence-electron chi connectivity index (χ3n) is 3.86. The minimum absolute atomic E-state index is 0.0846. The SMILES string of the molecule is C#Cc1cc(F)ccc1[C@@H]1N=C(c2nccs2)NC(CBr)=C1C(=O)SCC. The van der Waals surface area contributed by atoms with Crippen molar-refractivity contribution in [3.63, 3.8) is 0 Å². The van der Waals surface area contributed by atoms with Gasteiger partial charge in [-0.05, 0) is 23.4 Å². The molecule has 0 fully saturated rings. The predicted octanol–water partition coefficient (Wildman–Crippen LogP) is 4.28. The van der Waals surface area contributed by atoms with E-state index in [1.807, 2.05) is 12.3 Å². The minimum Gasteiger partial charge on any atom is -0.340 e. The van der Waals surface area contributed by atoms with Crippen LogP contribution in [0, 0.1) is 18.2 Å². The number of aromatic nitrogens is 1. The molecular formula is C19H15BrFN3OS2. The summed E-state index contributed by atoms with van der Waals surface area (Å²) in [4.78, 5) is 21.9. The van der Waals surface area contributed by atoms with Crippen LogP contribution in [0.15, 0.2) is 46.0 Å². The monoisotopic (exact) mass is 463 g/mol. The Balaban J connectivity index is 2.19. The predicted molar refractivity (Wildman–Crippen MR) is 113 cm³/mol. The smallest absolute Gasteiger partial charge is 0.219 e. The average molecular weight is 464 g/mol. The molecule has 1 N–H and O–H groups in total. The van der Waals surface area contributed by atoms with Crippen LogP contribution in [-0.4, -0.2) is 27.0 Å². The molecule has 0 aliphatic carbocycles. The lowest BCUT2D eigenvalue weighted by Gasteiger charge is -2.27. The molecule has 1 aromatic heterocycles. The lowest BCUT2D eigenvalue weighted by molar-refractivity contribution is -0.108. The average Bonchev–Trinajstić information content (AvgIpc) is 3.21. The number of thiazole rings is 1. The molecule has 3 rings (SSSR count). The number of aliphatic imine (C=N–C) groups is 1. The van der Waals surface area contributed by atoms with Crippen molar-refractivity contribution < 1.29 is 9.18 Å². The second-order valence-corrected chi connectivity index (χ2v) is 8.16. The van der Waals surface area contributed by atoms with Gasteiger partial charge in [-0.2, -0.15) is 0 Å². The number of hydrogen-bond acceptors (Lipinski definition) is 6. The van der Waals surface area contributed by atoms with Gasteiger partial charge in [0.15, 0.2) is 10.8 Å². The molecule has 2 aromatic rings. The normalized spacial score (nSPS) is 16.5. The second kappa shape index (κ2) is 8.83. The summed E-state index contributed by atoms with van der Waals surface area (Å²) in [6.45, 7) is 1.91. The van der Waals surface area contributed by atoms with Gasteiger partial charge in [0, 0.05) is 28.2 Å². The highest BCUT2D eigenvalue weighted by Crippen LogP contribution is 2.36. The van der Waals surface area contributed by atoms with Crippen molar-refractivity contribution in [1.29, 1.82) is 0 Å². The van der Waals surface area contributed by atoms with E-state index >= 15 is 0 Å². The summed E-state index contributed by atoms with van der Waals surface area (Å²) in [5.74, 6) is 3.29. The van der Waals surface area contributed by atoms with Crippen molar-refractivity contribution in [3.8, 4) is 12.3 Å². The van der Waals surface area contributed by atoms with E-state index < -0.39 is 11.9 Å². The van der Waals surface area contributed by atoms with Crippen molar-refractivity contribution in [2.45, 2.75) is 13.0 Å². The maximum absolute atomic E-state index is 13.7. The second-order valence-electron chi connectivity index (χ2n) is 5.46. The number of allylic oxidation sites excluding steroid dienone is 1. The van der Waals surface area contributed by atoms with Crippen LogP contribution in [-0.2, 0) is 4.79 Å². The first-order chi connectivity index (χ1) is 13.1. The summed E-state index contributed by atoms with van der Waals surface area (Å²) in [6, 6.07) is 3.59. The van der Waals surface area contributed by atoms with Crippen molar-refractivity contribution >= 4 is 50.0 Å². The Bertz CT molecular complexity index is 964. The number of nitrogens with zero attached hydrogens (tertiary/aromatic N) is 2. The first-order valence-electron chi connectivity index (χ1n) is 8.05. The number of alkyl halides is 1. The van der Waals surface area contributed by atoms with Gasteiger partial charge in [0.2, 0.25) is 5.12 Å². The van der Waals surface area contributed by atoms with E-state index in [0.717, 1.165) is 0 Å². The first kappa shape index (κ1) is 19.8. The Kier molecular flexibility index (Phi) is 6.47. The third-order valence-corrected chi connectivity index (χ3v) is 5.97. The molecule has 1 aromatic carbocycles. The zero-order chi connectivity index (χ0) is 19.4. The van der Waals surface area contributed by atoms with Gasteiger partial charge in [-0.1, -0.05) is 46.6 Å². The quantitative estimate of drug-likeness (QED) is 0.530. The van der Waals surface area contributed by atoms with E-state index in [4.69, 9.17) is 11.4 Å². The van der Waals surface area contributed by atoms with Crippen LogP contribution in [0.3, 0.4) is 0 Å². The Morgan fingerprint density at radius 1 is 1.52 bits per heavy atom. The van der Waals surface area contributed by atoms with Crippen LogP contribution in [0.4, 0.5) is 4.39 Å². The number of nitrogens with one attached hydrogen (secondary N) is 1. The van der Waals surface area contributed by atoms with Crippen molar-refractivity contribution in [2.24, 2.45) is 4.99 Å². The molecule has 0 radical (unpaired) electrons. The maximum atomic E-state index is 13.7. The molecule has 1 atom stereocenters. The molecule has 0 amide bonds. The number of thioether (sulfide) groups is 1. The number of terminal acetylenes is 1. The molecule has 8 heteroatoms. The van der Waals surface area contributed by atoms with E-state index in [2.05, 4.69) is 32.2 Å². The number of carbonyl (C=O) groups excluding carboxylic acids is 1. The minimum atomic E-state index is -0.629. The molecule has 2 heterocycles. The van der Waals surface area contributed by atoms with Gasteiger partial charge in [0.05, 0.1) is 5.57 Å². The summed E-state index contributed by atoms with van der Waals surface area (Å²) in [5, 5.41) is 6.12. The molecular weight excluding hydrogens is 449 g/mol. The topological polar surface area (TPSA) is 54.4 Å². The molecule has 0 saturated carbocycles. The third kappa shape index (κ3) is 4.15. The van der Waals surface area contributed by atoms with Gasteiger partial charge >= 0.3 is 0 Å². The van der Waals surface area contributed by atoms with E-state index in [1.54, 1.807) is 12.3 Å². The zero-order valence-electron chi connectivity index (χ0n) is 14.3. The summed E-state index contributed by atoms with van der Waals surface area (Å²) in [5.41, 5.74) is 2.22. The molecule has 1 aliphatic heterocycles. The zero-order valence-corrected chi connectivity index (χ0v) is 17.5. The van der Waals surface area contributed by atoms with Gasteiger partial charge in [-0.25, -0.2) is 9.37 Å². The molecule has 0 saturated heterocycles. The van der Waals surface area contributed by atoms with Crippen LogP contribution in [0.25, 0.3) is 0 Å². The lowest BCUT2D eigenvalue weighted by Crippen LogP contribution is -2.33. The Morgan fingerprint density at radius 3 is 2.96 bits per heavy atom. The molecule has 0 bridgehead atoms. The van der Waals surface area contributed by atoms with Crippen LogP contribution in [0.2, 0.25) is 0 Å². The highest BCUT2D eigenvalue weighted by molar-refractivity contribution is 9.09. The molecule has 27 heavy (non-hydrogen) atoms. The van der Waals surface area contributed by atoms with E-state index in [9.17, 15) is 9.18 Å². The van der Waals surface area contributed by atoms with Crippen molar-refractivity contribution in [2.75, 3.05) is 11.1 Å². The van der Waals surface area contributed by atoms with E-state index in [-0.39, 0.29) is 5.12 Å². The number of halogens is 2. The van der Waals surface area contributed by atoms with Crippen LogP contribution in [0.5, 0.6) is 0 Å². The molecule has 1 aliphatic rings. The number of amidine groups is 1. The molecule has 0 spiro atoms. The number of carbonyl (C=O) groups is 1. The van der Waals surface area contributed by atoms with Crippen LogP contribution >= 0.6 is 39.0 Å². The fourth-order valence-corrected chi connectivity index (χ4v) is 4.40. The van der Waals surface area contributed by atoms with Crippen molar-refractivity contribution in [1.82, 2.24) is 10.3 Å². The molecule has 4 nitrogen and oxygen atoms in total. The van der Waals surface area contributed by atoms with Gasteiger partial charge < -0.3 is 5.32 Å². The Labute approximate surface area is 173 Å². The van der Waals surface area contributed by atoms with Gasteiger partial charge in [-0.3, -0.25) is 9.79 Å². The summed E-state index contributed by atoms with van der Waals surface area (Å²) in [7, 11) is 0. The fourth-order valence-electron chi connectivity index (χ4n) is 2.72.